The lowest BCUT2D eigenvalue weighted by Crippen LogP contribution is -2.09. The molecule has 1 aliphatic heterocycles. The lowest BCUT2D eigenvalue weighted by Gasteiger charge is -2.21. The van der Waals surface area contributed by atoms with Crippen molar-refractivity contribution >= 4 is 23.1 Å². The maximum absolute atomic E-state index is 10.8. The maximum atomic E-state index is 10.8. The summed E-state index contributed by atoms with van der Waals surface area (Å²) in [5.41, 5.74) is 3.60. The molecule has 1 heterocycles. The second-order valence-corrected chi connectivity index (χ2v) is 6.10. The zero-order chi connectivity index (χ0) is 14.3. The molecule has 2 aromatic rings. The van der Waals surface area contributed by atoms with E-state index in [0.717, 1.165) is 16.9 Å². The Morgan fingerprint density at radius 1 is 1.10 bits per heavy atom. The van der Waals surface area contributed by atoms with Gasteiger partial charge in [0.05, 0.1) is 4.92 Å². The molecule has 2 aromatic carbocycles. The molecule has 0 N–H and O–H groups in total. The second-order valence-electron chi connectivity index (χ2n) is 5.01. The van der Waals surface area contributed by atoms with Gasteiger partial charge >= 0.3 is 0 Å². The van der Waals surface area contributed by atoms with Crippen molar-refractivity contribution < 1.29 is 4.92 Å². The lowest BCUT2D eigenvalue weighted by atomic mass is 10.0. The number of nitrogens with zero attached hydrogens (tertiary/aromatic N) is 2. The fraction of sp³-hybridized carbons (Fsp3) is 0.200. The first-order chi connectivity index (χ1) is 9.54. The van der Waals surface area contributed by atoms with Crippen LogP contribution in [0.3, 0.4) is 0 Å². The highest BCUT2D eigenvalue weighted by molar-refractivity contribution is 7.99. The van der Waals surface area contributed by atoms with E-state index in [1.54, 1.807) is 23.9 Å². The molecule has 5 heteroatoms. The number of anilines is 1. The van der Waals surface area contributed by atoms with Crippen molar-refractivity contribution in [2.75, 3.05) is 19.0 Å². The van der Waals surface area contributed by atoms with E-state index in [2.05, 4.69) is 23.1 Å². The van der Waals surface area contributed by atoms with Crippen molar-refractivity contribution in [3.8, 4) is 0 Å². The van der Waals surface area contributed by atoms with E-state index in [4.69, 9.17) is 0 Å². The Labute approximate surface area is 121 Å². The van der Waals surface area contributed by atoms with Gasteiger partial charge in [-0.3, -0.25) is 10.1 Å². The highest BCUT2D eigenvalue weighted by atomic mass is 32.2. The number of non-ortho nitro benzene ring substituents is 1. The van der Waals surface area contributed by atoms with Gasteiger partial charge in [0.15, 0.2) is 0 Å². The number of nitro benzene ring substituents is 1. The molecular weight excluding hydrogens is 272 g/mol. The molecule has 0 amide bonds. The fourth-order valence-electron chi connectivity index (χ4n) is 2.30. The van der Waals surface area contributed by atoms with Crippen LogP contribution in [0.15, 0.2) is 46.2 Å². The number of nitro groups is 1. The first kappa shape index (κ1) is 13.0. The van der Waals surface area contributed by atoms with Crippen molar-refractivity contribution in [2.24, 2.45) is 0 Å². The molecular formula is C15H14N2O2S. The third-order valence-electron chi connectivity index (χ3n) is 3.42. The summed E-state index contributed by atoms with van der Waals surface area (Å²) in [5, 5.41) is 10.8. The Morgan fingerprint density at radius 3 is 2.60 bits per heavy atom. The van der Waals surface area contributed by atoms with Gasteiger partial charge in [-0.05, 0) is 35.7 Å². The quantitative estimate of drug-likeness (QED) is 0.532. The summed E-state index contributed by atoms with van der Waals surface area (Å²) in [6.07, 6.45) is 0.757. The largest absolute Gasteiger partial charge is 0.378 e. The molecule has 0 unspecified atom stereocenters. The number of hydrogen-bond acceptors (Lipinski definition) is 4. The van der Waals surface area contributed by atoms with Crippen LogP contribution in [-0.4, -0.2) is 19.0 Å². The molecule has 102 valence electrons. The Bertz CT molecular complexity index is 698. The van der Waals surface area contributed by atoms with Crippen molar-refractivity contribution in [2.45, 2.75) is 16.2 Å². The molecule has 0 aliphatic carbocycles. The van der Waals surface area contributed by atoms with Gasteiger partial charge in [0.2, 0.25) is 0 Å². The van der Waals surface area contributed by atoms with Gasteiger partial charge in [-0.15, -0.1) is 0 Å². The van der Waals surface area contributed by atoms with E-state index in [1.165, 1.54) is 16.1 Å². The predicted molar refractivity (Wildman–Crippen MR) is 80.8 cm³/mol. The highest BCUT2D eigenvalue weighted by Crippen LogP contribution is 2.41. The summed E-state index contributed by atoms with van der Waals surface area (Å²) >= 11 is 1.69. The van der Waals surface area contributed by atoms with Crippen LogP contribution in [0, 0.1) is 10.1 Å². The molecule has 0 saturated heterocycles. The number of benzene rings is 2. The summed E-state index contributed by atoms with van der Waals surface area (Å²) in [4.78, 5) is 14.9. The average molecular weight is 286 g/mol. The van der Waals surface area contributed by atoms with Gasteiger partial charge in [-0.2, -0.15) is 0 Å². The monoisotopic (exact) mass is 286 g/mol. The van der Waals surface area contributed by atoms with Crippen molar-refractivity contribution in [3.63, 3.8) is 0 Å². The smallest absolute Gasteiger partial charge is 0.269 e. The van der Waals surface area contributed by atoms with Gasteiger partial charge in [0, 0.05) is 41.7 Å². The van der Waals surface area contributed by atoms with Gasteiger partial charge in [0.1, 0.15) is 0 Å². The molecule has 3 rings (SSSR count). The van der Waals surface area contributed by atoms with E-state index >= 15 is 0 Å². The normalized spacial score (nSPS) is 12.5. The minimum absolute atomic E-state index is 0.165. The fourth-order valence-corrected chi connectivity index (χ4v) is 3.39. The SMILES string of the molecule is CN(C)c1ccc2c(c1)Sc1ccc([N+](=O)[O-])cc1C2. The van der Waals surface area contributed by atoms with Crippen LogP contribution < -0.4 is 4.90 Å². The minimum Gasteiger partial charge on any atom is -0.378 e. The molecule has 1 aliphatic rings. The van der Waals surface area contributed by atoms with E-state index in [9.17, 15) is 10.1 Å². The summed E-state index contributed by atoms with van der Waals surface area (Å²) in [6, 6.07) is 11.5. The molecule has 0 atom stereocenters. The average Bonchev–Trinajstić information content (AvgIpc) is 2.43. The summed E-state index contributed by atoms with van der Waals surface area (Å²) in [6.45, 7) is 0. The van der Waals surface area contributed by atoms with Crippen molar-refractivity contribution in [1.29, 1.82) is 0 Å². The summed E-state index contributed by atoms with van der Waals surface area (Å²) in [7, 11) is 4.04. The number of fused-ring (bicyclic) bond motifs is 2. The van der Waals surface area contributed by atoms with E-state index in [1.807, 2.05) is 20.2 Å². The Balaban J connectivity index is 1.99. The van der Waals surface area contributed by atoms with Gasteiger partial charge < -0.3 is 4.90 Å². The number of hydrogen-bond donors (Lipinski definition) is 0. The van der Waals surface area contributed by atoms with Gasteiger partial charge in [-0.1, -0.05) is 17.8 Å². The first-order valence-corrected chi connectivity index (χ1v) is 7.11. The standard InChI is InChI=1S/C15H14N2O2S/c1-16(2)12-4-3-10-7-11-8-13(17(18)19)5-6-14(11)20-15(10)9-12/h3-6,8-9H,7H2,1-2H3. The molecule has 4 nitrogen and oxygen atoms in total. The van der Waals surface area contributed by atoms with Crippen LogP contribution in [0.5, 0.6) is 0 Å². The predicted octanol–water partition coefficient (Wildman–Crippen LogP) is 3.72. The van der Waals surface area contributed by atoms with Crippen molar-refractivity contribution in [3.05, 3.63) is 57.6 Å². The molecule has 0 fully saturated rings. The van der Waals surface area contributed by atoms with E-state index in [0.29, 0.717) is 0 Å². The molecule has 0 spiro atoms. The number of rotatable bonds is 2. The third kappa shape index (κ3) is 2.25. The highest BCUT2D eigenvalue weighted by Gasteiger charge is 2.19. The first-order valence-electron chi connectivity index (χ1n) is 6.30. The van der Waals surface area contributed by atoms with Crippen LogP contribution in [-0.2, 0) is 6.42 Å². The topological polar surface area (TPSA) is 46.4 Å². The molecule has 0 bridgehead atoms. The van der Waals surface area contributed by atoms with Gasteiger partial charge in [-0.25, -0.2) is 0 Å². The molecule has 20 heavy (non-hydrogen) atoms. The lowest BCUT2D eigenvalue weighted by molar-refractivity contribution is -0.385. The van der Waals surface area contributed by atoms with Crippen molar-refractivity contribution in [1.82, 2.24) is 0 Å². The Kier molecular flexibility index (Phi) is 3.14. The molecule has 0 aromatic heterocycles. The van der Waals surface area contributed by atoms with Crippen LogP contribution in [0.25, 0.3) is 0 Å². The zero-order valence-corrected chi connectivity index (χ0v) is 12.1. The van der Waals surface area contributed by atoms with Gasteiger partial charge in [0.25, 0.3) is 5.69 Å². The van der Waals surface area contributed by atoms with E-state index < -0.39 is 0 Å². The Morgan fingerprint density at radius 2 is 1.90 bits per heavy atom. The summed E-state index contributed by atoms with van der Waals surface area (Å²) < 4.78 is 0. The van der Waals surface area contributed by atoms with Crippen LogP contribution in [0.4, 0.5) is 11.4 Å². The Hall–Kier alpha value is -2.01. The third-order valence-corrected chi connectivity index (χ3v) is 4.64. The second kappa shape index (κ2) is 4.83. The summed E-state index contributed by atoms with van der Waals surface area (Å²) in [5.74, 6) is 0. The van der Waals surface area contributed by atoms with Crippen LogP contribution in [0.2, 0.25) is 0 Å². The molecule has 0 radical (unpaired) electrons. The molecule has 0 saturated carbocycles. The minimum atomic E-state index is -0.338. The zero-order valence-electron chi connectivity index (χ0n) is 11.3. The van der Waals surface area contributed by atoms with E-state index in [-0.39, 0.29) is 10.6 Å². The maximum Gasteiger partial charge on any atom is 0.269 e. The van der Waals surface area contributed by atoms with Crippen LogP contribution in [0.1, 0.15) is 11.1 Å². The van der Waals surface area contributed by atoms with Crippen LogP contribution >= 0.6 is 11.8 Å².